The van der Waals surface area contributed by atoms with E-state index in [9.17, 15) is 4.79 Å². The predicted octanol–water partition coefficient (Wildman–Crippen LogP) is 4.49. The van der Waals surface area contributed by atoms with E-state index in [-0.39, 0.29) is 5.78 Å². The number of halogens is 2. The van der Waals surface area contributed by atoms with E-state index in [1.54, 1.807) is 18.2 Å². The van der Waals surface area contributed by atoms with Crippen molar-refractivity contribution in [3.8, 4) is 5.75 Å². The molecule has 0 amide bonds. The highest BCUT2D eigenvalue weighted by Gasteiger charge is 2.23. The minimum Gasteiger partial charge on any atom is -0.491 e. The average Bonchev–Trinajstić information content (AvgIpc) is 3.24. The zero-order valence-electron chi connectivity index (χ0n) is 15.0. The minimum atomic E-state index is -0.546. The van der Waals surface area contributed by atoms with Crippen molar-refractivity contribution in [1.82, 2.24) is 14.8 Å². The summed E-state index contributed by atoms with van der Waals surface area (Å²) in [6, 6.07) is 13.8. The van der Waals surface area contributed by atoms with Gasteiger partial charge in [0.15, 0.2) is 5.78 Å². The van der Waals surface area contributed by atoms with Crippen LogP contribution in [0.3, 0.4) is 0 Å². The molecular weight excluding hydrogens is 401 g/mol. The second-order valence-corrected chi connectivity index (χ2v) is 6.76. The van der Waals surface area contributed by atoms with Gasteiger partial charge >= 0.3 is 0 Å². The third-order valence-electron chi connectivity index (χ3n) is 4.04. The third-order valence-corrected chi connectivity index (χ3v) is 4.78. The van der Waals surface area contributed by atoms with E-state index < -0.39 is 6.04 Å². The van der Waals surface area contributed by atoms with Crippen LogP contribution in [0.25, 0.3) is 0 Å². The van der Waals surface area contributed by atoms with Gasteiger partial charge < -0.3 is 9.47 Å². The zero-order valence-corrected chi connectivity index (χ0v) is 16.5. The fourth-order valence-electron chi connectivity index (χ4n) is 2.64. The van der Waals surface area contributed by atoms with Crippen LogP contribution in [-0.2, 0) is 4.74 Å². The van der Waals surface area contributed by atoms with Crippen LogP contribution in [0.1, 0.15) is 22.8 Å². The summed E-state index contributed by atoms with van der Waals surface area (Å²) in [5.74, 6) is 0.662. The van der Waals surface area contributed by atoms with Gasteiger partial charge in [0, 0.05) is 18.6 Å². The van der Waals surface area contributed by atoms with Gasteiger partial charge in [0.1, 0.15) is 31.1 Å². The summed E-state index contributed by atoms with van der Waals surface area (Å²) in [6.45, 7) is 1.22. The Hall–Kier alpha value is -2.41. The van der Waals surface area contributed by atoms with Crippen molar-refractivity contribution in [1.29, 1.82) is 0 Å². The summed E-state index contributed by atoms with van der Waals surface area (Å²) in [4.78, 5) is 16.9. The van der Waals surface area contributed by atoms with Gasteiger partial charge in [0.25, 0.3) is 0 Å². The molecule has 0 bridgehead atoms. The van der Waals surface area contributed by atoms with Gasteiger partial charge in [0.05, 0.1) is 16.7 Å². The maximum absolute atomic E-state index is 12.9. The number of carbonyl (C=O) groups is 1. The molecule has 3 rings (SSSR count). The first kappa shape index (κ1) is 20.3. The van der Waals surface area contributed by atoms with Gasteiger partial charge in [-0.3, -0.25) is 4.79 Å². The van der Waals surface area contributed by atoms with Crippen molar-refractivity contribution in [2.75, 3.05) is 19.8 Å². The second-order valence-electron chi connectivity index (χ2n) is 5.95. The number of aromatic nitrogens is 3. The fourth-order valence-corrected chi connectivity index (χ4v) is 2.93. The Bertz CT molecular complexity index is 889. The molecule has 2 aromatic carbocycles. The maximum atomic E-state index is 12.9. The van der Waals surface area contributed by atoms with Crippen molar-refractivity contribution >= 4 is 29.0 Å². The maximum Gasteiger partial charge on any atom is 0.187 e. The summed E-state index contributed by atoms with van der Waals surface area (Å²) in [7, 11) is 0. The molecule has 3 aromatic rings. The molecule has 0 N–H and O–H groups in total. The lowest BCUT2D eigenvalue weighted by molar-refractivity contribution is 0.0762. The molecule has 0 aliphatic carbocycles. The highest BCUT2D eigenvalue weighted by Crippen LogP contribution is 2.25. The highest BCUT2D eigenvalue weighted by atomic mass is 35.5. The largest absolute Gasteiger partial charge is 0.491 e. The molecule has 1 atom stereocenters. The number of para-hydroxylation sites is 1. The van der Waals surface area contributed by atoms with Gasteiger partial charge in [-0.05, 0) is 30.3 Å². The Kier molecular flexibility index (Phi) is 7.42. The molecule has 0 radical (unpaired) electrons. The first-order chi connectivity index (χ1) is 13.6. The summed E-state index contributed by atoms with van der Waals surface area (Å²) >= 11 is 12.0. The van der Waals surface area contributed by atoms with Crippen molar-refractivity contribution in [3.63, 3.8) is 0 Å². The van der Waals surface area contributed by atoms with Crippen LogP contribution in [0.4, 0.5) is 0 Å². The van der Waals surface area contributed by atoms with E-state index in [0.717, 1.165) is 5.75 Å². The first-order valence-electron chi connectivity index (χ1n) is 8.74. The van der Waals surface area contributed by atoms with Gasteiger partial charge in [0.2, 0.25) is 0 Å². The van der Waals surface area contributed by atoms with Crippen LogP contribution < -0.4 is 4.74 Å². The van der Waals surface area contributed by atoms with Crippen LogP contribution in [-0.4, -0.2) is 40.4 Å². The number of ether oxygens (including phenoxy) is 2. The van der Waals surface area contributed by atoms with Crippen LogP contribution >= 0.6 is 23.2 Å². The molecule has 1 heterocycles. The topological polar surface area (TPSA) is 66.2 Å². The van der Waals surface area contributed by atoms with Crippen LogP contribution in [0.15, 0.2) is 61.2 Å². The molecule has 0 spiro atoms. The van der Waals surface area contributed by atoms with Gasteiger partial charge in [-0.1, -0.05) is 41.4 Å². The molecule has 146 valence electrons. The predicted molar refractivity (Wildman–Crippen MR) is 107 cm³/mol. The summed E-state index contributed by atoms with van der Waals surface area (Å²) in [6.07, 6.45) is 3.34. The molecule has 0 saturated heterocycles. The molecule has 1 unspecified atom stereocenters. The molecule has 6 nitrogen and oxygen atoms in total. The molecule has 28 heavy (non-hydrogen) atoms. The number of ketones is 1. The van der Waals surface area contributed by atoms with Crippen molar-refractivity contribution in [2.45, 2.75) is 12.5 Å². The van der Waals surface area contributed by atoms with Crippen molar-refractivity contribution in [3.05, 3.63) is 76.8 Å². The normalized spacial score (nSPS) is 11.9. The Labute approximate surface area is 173 Å². The molecular formula is C20H19Cl2N3O3. The number of rotatable bonds is 10. The Morgan fingerprint density at radius 1 is 1.04 bits per heavy atom. The minimum absolute atomic E-state index is 0.131. The van der Waals surface area contributed by atoms with E-state index >= 15 is 0 Å². The number of carbonyl (C=O) groups excluding carboxylic acids is 1. The monoisotopic (exact) mass is 419 g/mol. The fraction of sp³-hybridized carbons (Fsp3) is 0.250. The number of Topliss-reactive ketones (excluding diaryl/α,β-unsaturated/α-hetero) is 1. The Morgan fingerprint density at radius 2 is 1.86 bits per heavy atom. The summed E-state index contributed by atoms with van der Waals surface area (Å²) < 4.78 is 12.7. The molecule has 8 heteroatoms. The van der Waals surface area contributed by atoms with Gasteiger partial charge in [-0.2, -0.15) is 5.10 Å². The third kappa shape index (κ3) is 5.55. The SMILES string of the molecule is O=C(c1ccc(Cl)c(Cl)c1)C(CCOCCOc1ccccc1)n1cncn1. The molecule has 0 saturated carbocycles. The average molecular weight is 420 g/mol. The van der Waals surface area contributed by atoms with Gasteiger partial charge in [-0.25, -0.2) is 9.67 Å². The molecule has 1 aromatic heterocycles. The standard InChI is InChI=1S/C20H19Cl2N3O3/c21-17-7-6-15(12-18(17)22)20(26)19(25-14-23-13-24-25)8-9-27-10-11-28-16-4-2-1-3-5-16/h1-7,12-14,19H,8-11H2. The lowest BCUT2D eigenvalue weighted by Crippen LogP contribution is -2.22. The van der Waals surface area contributed by atoms with E-state index in [2.05, 4.69) is 10.1 Å². The number of benzene rings is 2. The summed E-state index contributed by atoms with van der Waals surface area (Å²) in [5, 5.41) is 4.84. The van der Waals surface area contributed by atoms with E-state index in [4.69, 9.17) is 32.7 Å². The van der Waals surface area contributed by atoms with Crippen LogP contribution in [0.5, 0.6) is 5.75 Å². The van der Waals surface area contributed by atoms with Gasteiger partial charge in [-0.15, -0.1) is 0 Å². The molecule has 0 aliphatic heterocycles. The first-order valence-corrected chi connectivity index (χ1v) is 9.49. The highest BCUT2D eigenvalue weighted by molar-refractivity contribution is 6.42. The van der Waals surface area contributed by atoms with Crippen molar-refractivity contribution < 1.29 is 14.3 Å². The Morgan fingerprint density at radius 3 is 2.57 bits per heavy atom. The smallest absolute Gasteiger partial charge is 0.187 e. The lowest BCUT2D eigenvalue weighted by atomic mass is 10.0. The van der Waals surface area contributed by atoms with Crippen LogP contribution in [0.2, 0.25) is 10.0 Å². The second kappa shape index (κ2) is 10.2. The van der Waals surface area contributed by atoms with Crippen molar-refractivity contribution in [2.24, 2.45) is 0 Å². The quantitative estimate of drug-likeness (QED) is 0.357. The van der Waals surface area contributed by atoms with E-state index in [1.165, 1.54) is 17.3 Å². The lowest BCUT2D eigenvalue weighted by Gasteiger charge is -2.16. The number of hydrogen-bond donors (Lipinski definition) is 0. The summed E-state index contributed by atoms with van der Waals surface area (Å²) in [5.41, 5.74) is 0.460. The van der Waals surface area contributed by atoms with E-state index in [1.807, 2.05) is 30.3 Å². The number of nitrogens with zero attached hydrogens (tertiary/aromatic N) is 3. The zero-order chi connectivity index (χ0) is 19.8. The van der Waals surface area contributed by atoms with E-state index in [0.29, 0.717) is 41.9 Å². The Balaban J connectivity index is 1.54. The van der Waals surface area contributed by atoms with Crippen LogP contribution in [0, 0.1) is 0 Å². The molecule has 0 fully saturated rings. The molecule has 0 aliphatic rings. The number of hydrogen-bond acceptors (Lipinski definition) is 5.